The highest BCUT2D eigenvalue weighted by Crippen LogP contribution is 2.29. The van der Waals surface area contributed by atoms with Crippen LogP contribution >= 0.6 is 0 Å². The number of carbonyl (C=O) groups excluding carboxylic acids is 1. The Kier molecular flexibility index (Phi) is 4.82. The van der Waals surface area contributed by atoms with E-state index in [-0.39, 0.29) is 5.82 Å². The molecule has 0 fully saturated rings. The van der Waals surface area contributed by atoms with Gasteiger partial charge in [0.25, 0.3) is 12.0 Å². The first-order valence-electron chi connectivity index (χ1n) is 8.96. The minimum Gasteiger partial charge on any atom is -0.422 e. The average Bonchev–Trinajstić information content (AvgIpc) is 2.99. The average molecular weight is 392 g/mol. The highest BCUT2D eigenvalue weighted by molar-refractivity contribution is 5.99. The summed E-state index contributed by atoms with van der Waals surface area (Å²) in [7, 11) is 0. The van der Waals surface area contributed by atoms with E-state index in [9.17, 15) is 9.18 Å². The number of carbonyl (C=O) groups is 1. The van der Waals surface area contributed by atoms with Gasteiger partial charge in [-0.15, -0.1) is 0 Å². The molecule has 0 saturated carbocycles. The Morgan fingerprint density at radius 2 is 1.86 bits per heavy atom. The molecule has 0 atom stereocenters. The van der Waals surface area contributed by atoms with Gasteiger partial charge in [0.05, 0.1) is 0 Å². The molecule has 2 aromatic heterocycles. The minimum atomic E-state index is -0.441. The van der Waals surface area contributed by atoms with Crippen molar-refractivity contribution < 1.29 is 18.9 Å². The summed E-state index contributed by atoms with van der Waals surface area (Å²) in [6.07, 6.45) is 1.56. The number of aryl methyl sites for hydroxylation is 2. The summed E-state index contributed by atoms with van der Waals surface area (Å²) in [6, 6.07) is 12.1. The van der Waals surface area contributed by atoms with Crippen LogP contribution in [0, 0.1) is 19.7 Å². The highest BCUT2D eigenvalue weighted by Gasteiger charge is 2.18. The summed E-state index contributed by atoms with van der Waals surface area (Å²) in [5, 5.41) is 6.25. The number of fused-ring (bicyclic) bond motifs is 1. The van der Waals surface area contributed by atoms with E-state index < -0.39 is 6.03 Å². The number of halogens is 1. The summed E-state index contributed by atoms with van der Waals surface area (Å²) < 4.78 is 19.0. The molecule has 29 heavy (non-hydrogen) atoms. The van der Waals surface area contributed by atoms with E-state index in [0.29, 0.717) is 23.0 Å². The van der Waals surface area contributed by atoms with Crippen LogP contribution in [-0.4, -0.2) is 16.0 Å². The number of rotatable bonds is 4. The number of hydrogen-bond donors (Lipinski definition) is 3. The Morgan fingerprint density at radius 3 is 2.66 bits per heavy atom. The van der Waals surface area contributed by atoms with Crippen molar-refractivity contribution in [2.75, 3.05) is 10.6 Å². The number of nitrogens with zero attached hydrogens (tertiary/aromatic N) is 1. The Bertz CT molecular complexity index is 1190. The van der Waals surface area contributed by atoms with Crippen LogP contribution in [0.15, 0.2) is 54.9 Å². The number of aromatic nitrogens is 3. The molecule has 0 spiro atoms. The van der Waals surface area contributed by atoms with Crippen molar-refractivity contribution in [2.45, 2.75) is 13.8 Å². The third-order valence-electron chi connectivity index (χ3n) is 4.51. The van der Waals surface area contributed by atoms with Gasteiger partial charge in [-0.3, -0.25) is 0 Å². The topological polar surface area (TPSA) is 93.2 Å². The molecule has 0 aliphatic rings. The predicted octanol–water partition coefficient (Wildman–Crippen LogP) is 4.57. The fraction of sp³-hybridized carbons (Fsp3) is 0.0952. The normalized spacial score (nSPS) is 10.7. The number of amides is 2. The minimum absolute atomic E-state index is 0.365. The summed E-state index contributed by atoms with van der Waals surface area (Å²) in [5.74, 6) is 0.743. The molecule has 4 rings (SSSR count). The van der Waals surface area contributed by atoms with Crippen LogP contribution in [0.4, 0.5) is 20.6 Å². The zero-order valence-corrected chi connectivity index (χ0v) is 15.8. The van der Waals surface area contributed by atoms with Gasteiger partial charge in [0.2, 0.25) is 0 Å². The van der Waals surface area contributed by atoms with Gasteiger partial charge < -0.3 is 20.4 Å². The molecule has 0 saturated heterocycles. The van der Waals surface area contributed by atoms with Crippen molar-refractivity contribution in [3.8, 4) is 11.6 Å². The molecule has 8 heteroatoms. The number of urea groups is 1. The third kappa shape index (κ3) is 4.01. The van der Waals surface area contributed by atoms with Gasteiger partial charge in [0, 0.05) is 23.1 Å². The Labute approximate surface area is 166 Å². The number of anilines is 2. The molecule has 0 radical (unpaired) electrons. The van der Waals surface area contributed by atoms with Crippen molar-refractivity contribution in [1.29, 1.82) is 0 Å². The number of nitrogens with one attached hydrogen (secondary N) is 4. The Balaban J connectivity index is 1.51. The standard InChI is InChI=1S/C21H18FN5O2/c1-12-13(2)25-19-18(12)20(24-11-23-19)29-17-5-3-4-16(10-17)27-21(28)26-15-8-6-14(22)7-9-15/h3-11H,1-2H3,(H,23,24,25)(H2,26,27,28)/p+1. The lowest BCUT2D eigenvalue weighted by Crippen LogP contribution is -2.19. The van der Waals surface area contributed by atoms with Crippen LogP contribution in [0.5, 0.6) is 11.6 Å². The van der Waals surface area contributed by atoms with Crippen molar-refractivity contribution in [2.24, 2.45) is 0 Å². The summed E-state index contributed by atoms with van der Waals surface area (Å²) >= 11 is 0. The van der Waals surface area contributed by atoms with Crippen LogP contribution in [0.1, 0.15) is 11.3 Å². The smallest absolute Gasteiger partial charge is 0.323 e. The molecule has 0 aliphatic carbocycles. The lowest BCUT2D eigenvalue weighted by atomic mass is 10.2. The molecule has 2 aromatic carbocycles. The van der Waals surface area contributed by atoms with Crippen molar-refractivity contribution in [3.63, 3.8) is 0 Å². The first-order chi connectivity index (χ1) is 14.0. The van der Waals surface area contributed by atoms with Gasteiger partial charge in [0.15, 0.2) is 0 Å². The van der Waals surface area contributed by atoms with Crippen molar-refractivity contribution >= 4 is 28.4 Å². The SMILES string of the molecule is Cc1[nH]c2nc[nH+]c(Oc3cccc(NC(=O)Nc4ccc(F)cc4)c3)c2c1C. The van der Waals surface area contributed by atoms with E-state index in [4.69, 9.17) is 4.74 Å². The molecule has 2 heterocycles. The van der Waals surface area contributed by atoms with Gasteiger partial charge >= 0.3 is 11.9 Å². The second-order valence-corrected chi connectivity index (χ2v) is 6.55. The Morgan fingerprint density at radius 1 is 1.10 bits per heavy atom. The summed E-state index contributed by atoms with van der Waals surface area (Å²) in [4.78, 5) is 22.7. The van der Waals surface area contributed by atoms with E-state index in [1.165, 1.54) is 24.3 Å². The first kappa shape index (κ1) is 18.4. The zero-order valence-electron chi connectivity index (χ0n) is 15.8. The molecular weight excluding hydrogens is 373 g/mol. The van der Waals surface area contributed by atoms with Gasteiger partial charge in [-0.1, -0.05) is 6.07 Å². The largest absolute Gasteiger partial charge is 0.422 e. The van der Waals surface area contributed by atoms with Gasteiger partial charge in [-0.2, -0.15) is 0 Å². The highest BCUT2D eigenvalue weighted by atomic mass is 19.1. The van der Waals surface area contributed by atoms with Gasteiger partial charge in [-0.05, 0) is 60.8 Å². The van der Waals surface area contributed by atoms with Gasteiger partial charge in [-0.25, -0.2) is 14.2 Å². The van der Waals surface area contributed by atoms with Gasteiger partial charge in [0.1, 0.15) is 17.0 Å². The number of benzene rings is 2. The second kappa shape index (κ2) is 7.59. The molecule has 146 valence electrons. The maximum Gasteiger partial charge on any atom is 0.323 e. The molecule has 4 N–H and O–H groups in total. The van der Waals surface area contributed by atoms with Crippen LogP contribution in [-0.2, 0) is 0 Å². The van der Waals surface area contributed by atoms with E-state index in [1.807, 2.05) is 13.8 Å². The van der Waals surface area contributed by atoms with E-state index >= 15 is 0 Å². The molecule has 0 aliphatic heterocycles. The van der Waals surface area contributed by atoms with E-state index in [2.05, 4.69) is 25.6 Å². The number of ether oxygens (including phenoxy) is 1. The quantitative estimate of drug-likeness (QED) is 0.475. The second-order valence-electron chi connectivity index (χ2n) is 6.55. The molecular formula is C21H19FN5O2+. The number of aromatic amines is 2. The van der Waals surface area contributed by atoms with E-state index in [1.54, 1.807) is 30.6 Å². The first-order valence-corrected chi connectivity index (χ1v) is 8.96. The molecule has 4 aromatic rings. The third-order valence-corrected chi connectivity index (χ3v) is 4.51. The Hall–Kier alpha value is -3.94. The lowest BCUT2D eigenvalue weighted by Gasteiger charge is -2.09. The zero-order chi connectivity index (χ0) is 20.4. The fourth-order valence-corrected chi connectivity index (χ4v) is 2.96. The summed E-state index contributed by atoms with van der Waals surface area (Å²) in [5.41, 5.74) is 3.84. The maximum absolute atomic E-state index is 13.0. The molecule has 2 amide bonds. The molecule has 0 unspecified atom stereocenters. The fourth-order valence-electron chi connectivity index (χ4n) is 2.96. The monoisotopic (exact) mass is 392 g/mol. The van der Waals surface area contributed by atoms with Crippen LogP contribution in [0.3, 0.4) is 0 Å². The van der Waals surface area contributed by atoms with Crippen molar-refractivity contribution in [3.05, 3.63) is 71.9 Å². The maximum atomic E-state index is 13.0. The van der Waals surface area contributed by atoms with Crippen LogP contribution < -0.4 is 20.4 Å². The molecule has 0 bridgehead atoms. The van der Waals surface area contributed by atoms with Crippen molar-refractivity contribution in [1.82, 2.24) is 9.97 Å². The van der Waals surface area contributed by atoms with Crippen LogP contribution in [0.2, 0.25) is 0 Å². The van der Waals surface area contributed by atoms with Crippen LogP contribution in [0.25, 0.3) is 11.0 Å². The molecule has 7 nitrogen and oxygen atoms in total. The van der Waals surface area contributed by atoms with E-state index in [0.717, 1.165) is 22.3 Å². The summed E-state index contributed by atoms with van der Waals surface area (Å²) in [6.45, 7) is 3.97. The number of H-pyrrole nitrogens is 2. The number of hydrogen-bond acceptors (Lipinski definition) is 3. The lowest BCUT2D eigenvalue weighted by molar-refractivity contribution is -0.393. The predicted molar refractivity (Wildman–Crippen MR) is 108 cm³/mol.